The van der Waals surface area contributed by atoms with Crippen molar-refractivity contribution in [3.63, 3.8) is 0 Å². The summed E-state index contributed by atoms with van der Waals surface area (Å²) in [4.78, 5) is 5.59. The molecule has 0 amide bonds. The van der Waals surface area contributed by atoms with Gasteiger partial charge >= 0.3 is 0 Å². The first kappa shape index (κ1) is 13.5. The van der Waals surface area contributed by atoms with Gasteiger partial charge < -0.3 is 14.4 Å². The van der Waals surface area contributed by atoms with Crippen molar-refractivity contribution in [1.82, 2.24) is 10.1 Å². The van der Waals surface area contributed by atoms with E-state index in [-0.39, 0.29) is 12.0 Å². The summed E-state index contributed by atoms with van der Waals surface area (Å²) in [6.45, 7) is 0. The molecule has 0 spiro atoms. The molecule has 2 aliphatic rings. The van der Waals surface area contributed by atoms with Crippen molar-refractivity contribution in [3.05, 3.63) is 36.0 Å². The molecule has 3 heterocycles. The van der Waals surface area contributed by atoms with Gasteiger partial charge in [0.2, 0.25) is 11.7 Å². The van der Waals surface area contributed by atoms with Crippen molar-refractivity contribution in [2.45, 2.75) is 23.0 Å². The second-order valence-electron chi connectivity index (χ2n) is 5.07. The molecular formula is C14H14N2O3S2. The maximum Gasteiger partial charge on any atom is 0.233 e. The topological polar surface area (TPSA) is 68.4 Å². The summed E-state index contributed by atoms with van der Waals surface area (Å²) in [6.07, 6.45) is -0.598. The lowest BCUT2D eigenvalue weighted by Crippen LogP contribution is -2.18. The Kier molecular flexibility index (Phi) is 3.56. The number of thioether (sulfide) groups is 2. The van der Waals surface area contributed by atoms with E-state index in [1.807, 2.05) is 24.3 Å². The van der Waals surface area contributed by atoms with Crippen LogP contribution in [0.3, 0.4) is 0 Å². The third kappa shape index (κ3) is 2.54. The van der Waals surface area contributed by atoms with Crippen LogP contribution in [0.4, 0.5) is 0 Å². The van der Waals surface area contributed by atoms with Gasteiger partial charge in [-0.05, 0) is 12.1 Å². The van der Waals surface area contributed by atoms with Crippen LogP contribution in [0.1, 0.15) is 23.7 Å². The zero-order valence-electron chi connectivity index (χ0n) is 11.1. The van der Waals surface area contributed by atoms with Crippen molar-refractivity contribution in [1.29, 1.82) is 0 Å². The number of aliphatic hydroxyl groups is 1. The molecule has 5 nitrogen and oxygen atoms in total. The van der Waals surface area contributed by atoms with Gasteiger partial charge in [-0.25, -0.2) is 0 Å². The van der Waals surface area contributed by atoms with Crippen LogP contribution in [0.2, 0.25) is 0 Å². The standard InChI is InChI=1S/C14H14N2O3S2/c17-9-6-20-5-8(9)14-15-13(16-19-14)11-7-21-12-4-2-1-3-10(12)18-11/h1-4,8-9,11,17H,5-7H2. The quantitative estimate of drug-likeness (QED) is 0.911. The molecule has 110 valence electrons. The molecule has 2 aromatic rings. The van der Waals surface area contributed by atoms with Gasteiger partial charge in [0.1, 0.15) is 5.75 Å². The highest BCUT2D eigenvalue weighted by molar-refractivity contribution is 7.99. The van der Waals surface area contributed by atoms with Gasteiger partial charge in [0.15, 0.2) is 6.10 Å². The van der Waals surface area contributed by atoms with Crippen LogP contribution in [-0.2, 0) is 0 Å². The Balaban J connectivity index is 1.54. The minimum Gasteiger partial charge on any atom is -0.480 e. The SMILES string of the molecule is OC1CSCC1c1nc(C2CSc3ccccc3O2)no1. The van der Waals surface area contributed by atoms with Crippen molar-refractivity contribution in [2.24, 2.45) is 0 Å². The molecule has 1 saturated heterocycles. The van der Waals surface area contributed by atoms with Crippen molar-refractivity contribution in [2.75, 3.05) is 17.3 Å². The summed E-state index contributed by atoms with van der Waals surface area (Å²) in [6, 6.07) is 7.95. The first-order valence-corrected chi connectivity index (χ1v) is 8.93. The monoisotopic (exact) mass is 322 g/mol. The lowest BCUT2D eigenvalue weighted by Gasteiger charge is -2.22. The predicted molar refractivity (Wildman–Crippen MR) is 80.9 cm³/mol. The number of hydrogen-bond donors (Lipinski definition) is 1. The average Bonchev–Trinajstić information content (AvgIpc) is 3.15. The van der Waals surface area contributed by atoms with E-state index in [0.29, 0.717) is 11.7 Å². The van der Waals surface area contributed by atoms with Crippen LogP contribution in [0, 0.1) is 0 Å². The van der Waals surface area contributed by atoms with E-state index < -0.39 is 6.10 Å². The predicted octanol–water partition coefficient (Wildman–Crippen LogP) is 2.49. The largest absolute Gasteiger partial charge is 0.480 e. The summed E-state index contributed by atoms with van der Waals surface area (Å²) in [7, 11) is 0. The zero-order chi connectivity index (χ0) is 14.2. The molecule has 7 heteroatoms. The molecule has 1 fully saturated rings. The highest BCUT2D eigenvalue weighted by atomic mass is 32.2. The number of rotatable bonds is 2. The zero-order valence-corrected chi connectivity index (χ0v) is 12.8. The Labute approximate surface area is 130 Å². The van der Waals surface area contributed by atoms with Crippen molar-refractivity contribution < 1.29 is 14.4 Å². The summed E-state index contributed by atoms with van der Waals surface area (Å²) >= 11 is 3.44. The Morgan fingerprint density at radius 1 is 1.19 bits per heavy atom. The molecule has 0 radical (unpaired) electrons. The second-order valence-corrected chi connectivity index (χ2v) is 7.20. The third-order valence-electron chi connectivity index (χ3n) is 3.62. The van der Waals surface area contributed by atoms with E-state index in [2.05, 4.69) is 10.1 Å². The number of para-hydroxylation sites is 1. The molecule has 0 saturated carbocycles. The summed E-state index contributed by atoms with van der Waals surface area (Å²) in [5, 5.41) is 14.0. The Morgan fingerprint density at radius 2 is 2.10 bits per heavy atom. The highest BCUT2D eigenvalue weighted by Gasteiger charge is 2.34. The van der Waals surface area contributed by atoms with E-state index in [1.54, 1.807) is 23.5 Å². The van der Waals surface area contributed by atoms with Gasteiger partial charge in [0, 0.05) is 22.2 Å². The fourth-order valence-corrected chi connectivity index (χ4v) is 4.66. The number of benzene rings is 1. The number of aliphatic hydroxyl groups excluding tert-OH is 1. The molecule has 0 bridgehead atoms. The smallest absolute Gasteiger partial charge is 0.233 e. The lowest BCUT2D eigenvalue weighted by molar-refractivity contribution is 0.164. The van der Waals surface area contributed by atoms with Crippen molar-refractivity contribution >= 4 is 23.5 Å². The molecule has 1 aromatic carbocycles. The minimum atomic E-state index is -0.398. The van der Waals surface area contributed by atoms with E-state index in [4.69, 9.17) is 9.26 Å². The van der Waals surface area contributed by atoms with E-state index in [1.165, 1.54) is 0 Å². The molecule has 3 unspecified atom stereocenters. The maximum atomic E-state index is 9.91. The average molecular weight is 322 g/mol. The van der Waals surface area contributed by atoms with E-state index in [9.17, 15) is 5.11 Å². The normalized spacial score (nSPS) is 28.1. The van der Waals surface area contributed by atoms with Crippen LogP contribution in [-0.4, -0.2) is 38.6 Å². The molecule has 0 aliphatic carbocycles. The lowest BCUT2D eigenvalue weighted by atomic mass is 10.1. The van der Waals surface area contributed by atoms with Crippen LogP contribution in [0.15, 0.2) is 33.7 Å². The first-order valence-electron chi connectivity index (χ1n) is 6.79. The van der Waals surface area contributed by atoms with Gasteiger partial charge in [-0.2, -0.15) is 16.7 Å². The van der Waals surface area contributed by atoms with Crippen LogP contribution >= 0.6 is 23.5 Å². The maximum absolute atomic E-state index is 9.91. The molecule has 1 aromatic heterocycles. The summed E-state index contributed by atoms with van der Waals surface area (Å²) in [5.41, 5.74) is 0. The number of hydrogen-bond acceptors (Lipinski definition) is 7. The van der Waals surface area contributed by atoms with Gasteiger partial charge in [-0.1, -0.05) is 17.3 Å². The fourth-order valence-electron chi connectivity index (χ4n) is 2.45. The Bertz CT molecular complexity index is 649. The third-order valence-corrected chi connectivity index (χ3v) is 5.91. The fraction of sp³-hybridized carbons (Fsp3) is 0.429. The number of ether oxygens (including phenoxy) is 1. The minimum absolute atomic E-state index is 0.0558. The molecule has 3 atom stereocenters. The van der Waals surface area contributed by atoms with Crippen LogP contribution in [0.25, 0.3) is 0 Å². The van der Waals surface area contributed by atoms with Crippen LogP contribution < -0.4 is 4.74 Å². The molecule has 1 N–H and O–H groups in total. The van der Waals surface area contributed by atoms with Gasteiger partial charge in [0.05, 0.1) is 12.0 Å². The Morgan fingerprint density at radius 3 is 2.95 bits per heavy atom. The van der Waals surface area contributed by atoms with E-state index in [0.717, 1.165) is 27.9 Å². The first-order chi connectivity index (χ1) is 10.3. The number of nitrogens with zero attached hydrogens (tertiary/aromatic N) is 2. The molecule has 4 rings (SSSR count). The summed E-state index contributed by atoms with van der Waals surface area (Å²) in [5.74, 6) is 4.21. The van der Waals surface area contributed by atoms with Crippen LogP contribution in [0.5, 0.6) is 5.75 Å². The van der Waals surface area contributed by atoms with Gasteiger partial charge in [-0.15, -0.1) is 11.8 Å². The summed E-state index contributed by atoms with van der Waals surface area (Å²) < 4.78 is 11.3. The highest BCUT2D eigenvalue weighted by Crippen LogP contribution is 2.40. The Hall–Kier alpha value is -1.18. The molecule has 2 aliphatic heterocycles. The number of fused-ring (bicyclic) bond motifs is 1. The second kappa shape index (κ2) is 5.55. The van der Waals surface area contributed by atoms with E-state index >= 15 is 0 Å². The van der Waals surface area contributed by atoms with Crippen molar-refractivity contribution in [3.8, 4) is 5.75 Å². The molecule has 21 heavy (non-hydrogen) atoms. The number of aromatic nitrogens is 2. The molecular weight excluding hydrogens is 308 g/mol. The van der Waals surface area contributed by atoms with Gasteiger partial charge in [-0.3, -0.25) is 0 Å². The van der Waals surface area contributed by atoms with Gasteiger partial charge in [0.25, 0.3) is 0 Å².